The second-order valence-electron chi connectivity index (χ2n) is 5.77. The van der Waals surface area contributed by atoms with Gasteiger partial charge < -0.3 is 16.4 Å². The number of anilines is 2. The summed E-state index contributed by atoms with van der Waals surface area (Å²) >= 11 is 0. The first-order valence-electron chi connectivity index (χ1n) is 7.85. The van der Waals surface area contributed by atoms with Crippen molar-refractivity contribution in [1.29, 1.82) is 0 Å². The minimum atomic E-state index is -1.33. The number of nitrogens with one attached hydrogen (secondary N) is 2. The maximum Gasteiger partial charge on any atom is 0.304 e. The molecule has 2 unspecified atom stereocenters. The highest BCUT2D eigenvalue weighted by molar-refractivity contribution is 6.10. The summed E-state index contributed by atoms with van der Waals surface area (Å²) in [5.74, 6) is -0.471. The van der Waals surface area contributed by atoms with Gasteiger partial charge in [-0.15, -0.1) is 0 Å². The monoisotopic (exact) mass is 356 g/mol. The van der Waals surface area contributed by atoms with Crippen LogP contribution in [0, 0.1) is 22.9 Å². The molecule has 0 aliphatic carbocycles. The number of halogens is 1. The molecule has 0 saturated heterocycles. The van der Waals surface area contributed by atoms with Crippen LogP contribution in [0.4, 0.5) is 15.8 Å². The van der Waals surface area contributed by atoms with Crippen molar-refractivity contribution in [3.63, 3.8) is 0 Å². The number of hydrogen-bond donors (Lipinski definition) is 3. The van der Waals surface area contributed by atoms with E-state index in [0.717, 1.165) is 5.56 Å². The third-order valence-corrected chi connectivity index (χ3v) is 3.74. The molecule has 0 bridgehead atoms. The number of nitro groups is 1. The highest BCUT2D eigenvalue weighted by atomic mass is 19.1. The zero-order valence-electron chi connectivity index (χ0n) is 13.9. The molecule has 26 heavy (non-hydrogen) atoms. The zero-order valence-corrected chi connectivity index (χ0v) is 13.9. The van der Waals surface area contributed by atoms with E-state index in [9.17, 15) is 14.5 Å². The molecular formula is C17H17FN6O2. The van der Waals surface area contributed by atoms with Gasteiger partial charge in [0.15, 0.2) is 12.0 Å². The Bertz CT molecular complexity index is 898. The molecule has 134 valence electrons. The van der Waals surface area contributed by atoms with Crippen LogP contribution in [-0.4, -0.2) is 28.9 Å². The number of nitrogens with two attached hydrogens (primary N) is 1. The molecule has 2 aromatic carbocycles. The van der Waals surface area contributed by atoms with E-state index in [1.807, 2.05) is 25.1 Å². The number of nitrogens with zero attached hydrogens (tertiary/aromatic N) is 3. The maximum absolute atomic E-state index is 13.8. The Hall–Kier alpha value is -3.33. The molecule has 2 atom stereocenters. The molecule has 4 N–H and O–H groups in total. The molecule has 3 rings (SSSR count). The minimum absolute atomic E-state index is 0.00384. The van der Waals surface area contributed by atoms with E-state index in [1.54, 1.807) is 18.2 Å². The average Bonchev–Trinajstić information content (AvgIpc) is 2.56. The first kappa shape index (κ1) is 17.5. The highest BCUT2D eigenvalue weighted by Gasteiger charge is 2.38. The number of amidine groups is 1. The van der Waals surface area contributed by atoms with Crippen molar-refractivity contribution >= 4 is 23.2 Å². The number of aryl methyl sites for hydroxylation is 1. The fraction of sp³-hybridized carbons (Fsp3) is 0.176. The Balaban J connectivity index is 1.91. The van der Waals surface area contributed by atoms with Crippen LogP contribution in [0.15, 0.2) is 58.5 Å². The van der Waals surface area contributed by atoms with Gasteiger partial charge in [-0.1, -0.05) is 24.3 Å². The molecule has 1 aliphatic heterocycles. The van der Waals surface area contributed by atoms with Gasteiger partial charge >= 0.3 is 6.04 Å². The van der Waals surface area contributed by atoms with Crippen molar-refractivity contribution in [2.24, 2.45) is 15.7 Å². The van der Waals surface area contributed by atoms with E-state index in [0.29, 0.717) is 5.69 Å². The molecule has 0 radical (unpaired) electrons. The third-order valence-electron chi connectivity index (χ3n) is 3.74. The predicted molar refractivity (Wildman–Crippen MR) is 98.5 cm³/mol. The highest BCUT2D eigenvalue weighted by Crippen LogP contribution is 2.17. The molecule has 0 spiro atoms. The van der Waals surface area contributed by atoms with Crippen LogP contribution < -0.4 is 16.4 Å². The van der Waals surface area contributed by atoms with Gasteiger partial charge in [0.05, 0.1) is 5.69 Å². The van der Waals surface area contributed by atoms with Crippen LogP contribution in [-0.2, 0) is 0 Å². The van der Waals surface area contributed by atoms with Gasteiger partial charge in [0.25, 0.3) is 0 Å². The summed E-state index contributed by atoms with van der Waals surface area (Å²) in [6, 6.07) is 11.9. The van der Waals surface area contributed by atoms with E-state index in [2.05, 4.69) is 20.6 Å². The summed E-state index contributed by atoms with van der Waals surface area (Å²) in [6.45, 7) is 1.90. The number of para-hydroxylation sites is 1. The van der Waals surface area contributed by atoms with E-state index in [-0.39, 0.29) is 17.5 Å². The molecule has 0 amide bonds. The fourth-order valence-corrected chi connectivity index (χ4v) is 2.52. The topological polar surface area (TPSA) is 118 Å². The van der Waals surface area contributed by atoms with Crippen molar-refractivity contribution in [2.75, 3.05) is 10.6 Å². The normalized spacial score (nSPS) is 19.3. The molecule has 0 saturated carbocycles. The molecule has 0 fully saturated rings. The Labute approximate surface area is 148 Å². The van der Waals surface area contributed by atoms with Crippen LogP contribution in [0.2, 0.25) is 0 Å². The maximum atomic E-state index is 13.8. The Morgan fingerprint density at radius 1 is 1.19 bits per heavy atom. The number of guanidine groups is 1. The summed E-state index contributed by atoms with van der Waals surface area (Å²) in [5.41, 5.74) is 7.61. The SMILES string of the molecule is Cc1cccc(NC2=NC(Nc3ccccc3F)=NC(N)C2[N+](=O)[O-])c1. The fourth-order valence-electron chi connectivity index (χ4n) is 2.52. The van der Waals surface area contributed by atoms with E-state index < -0.39 is 22.9 Å². The zero-order chi connectivity index (χ0) is 18.7. The van der Waals surface area contributed by atoms with Crippen molar-refractivity contribution in [3.05, 3.63) is 70.0 Å². The lowest BCUT2D eigenvalue weighted by Crippen LogP contribution is -2.51. The minimum Gasteiger partial charge on any atom is -0.338 e. The molecule has 8 nitrogen and oxygen atoms in total. The van der Waals surface area contributed by atoms with Crippen molar-refractivity contribution in [1.82, 2.24) is 0 Å². The second kappa shape index (κ2) is 7.28. The quantitative estimate of drug-likeness (QED) is 0.576. The van der Waals surface area contributed by atoms with Crippen LogP contribution in [0.1, 0.15) is 5.56 Å². The standard InChI is InChI=1S/C17H17FN6O2/c1-10-5-4-6-11(9-10)20-16-14(24(25)26)15(19)22-17(23-16)21-13-8-3-2-7-12(13)18/h2-9,14-15H,19H2,1H3,(H2,20,21,22,23). The number of benzene rings is 2. The second-order valence-corrected chi connectivity index (χ2v) is 5.77. The van der Waals surface area contributed by atoms with E-state index in [1.165, 1.54) is 12.1 Å². The lowest BCUT2D eigenvalue weighted by atomic mass is 10.1. The van der Waals surface area contributed by atoms with Crippen LogP contribution in [0.5, 0.6) is 0 Å². The van der Waals surface area contributed by atoms with Gasteiger partial charge in [-0.05, 0) is 36.8 Å². The summed E-state index contributed by atoms with van der Waals surface area (Å²) < 4.78 is 13.8. The molecule has 9 heteroatoms. The van der Waals surface area contributed by atoms with Crippen molar-refractivity contribution in [3.8, 4) is 0 Å². The predicted octanol–water partition coefficient (Wildman–Crippen LogP) is 2.36. The van der Waals surface area contributed by atoms with Crippen molar-refractivity contribution < 1.29 is 9.31 Å². The lowest BCUT2D eigenvalue weighted by Gasteiger charge is -2.22. The van der Waals surface area contributed by atoms with Gasteiger partial charge in [-0.25, -0.2) is 9.38 Å². The van der Waals surface area contributed by atoms with Crippen molar-refractivity contribution in [2.45, 2.75) is 19.1 Å². The largest absolute Gasteiger partial charge is 0.338 e. The lowest BCUT2D eigenvalue weighted by molar-refractivity contribution is -0.505. The van der Waals surface area contributed by atoms with E-state index >= 15 is 0 Å². The molecule has 2 aromatic rings. The summed E-state index contributed by atoms with van der Waals surface area (Å²) in [6.07, 6.45) is -1.16. The number of aliphatic imine (C=N–C) groups is 2. The molecular weight excluding hydrogens is 339 g/mol. The number of rotatable bonds is 3. The molecule has 1 aliphatic rings. The summed E-state index contributed by atoms with van der Waals surface area (Å²) in [4.78, 5) is 19.0. The Morgan fingerprint density at radius 3 is 2.65 bits per heavy atom. The van der Waals surface area contributed by atoms with Crippen LogP contribution in [0.3, 0.4) is 0 Å². The Morgan fingerprint density at radius 2 is 1.96 bits per heavy atom. The molecule has 0 aromatic heterocycles. The smallest absolute Gasteiger partial charge is 0.304 e. The first-order valence-corrected chi connectivity index (χ1v) is 7.85. The first-order chi connectivity index (χ1) is 12.4. The van der Waals surface area contributed by atoms with Gasteiger partial charge in [0, 0.05) is 10.6 Å². The molecule has 1 heterocycles. The van der Waals surface area contributed by atoms with Gasteiger partial charge in [-0.3, -0.25) is 10.1 Å². The Kier molecular flexibility index (Phi) is 4.90. The van der Waals surface area contributed by atoms with Gasteiger partial charge in [-0.2, -0.15) is 4.99 Å². The van der Waals surface area contributed by atoms with Crippen LogP contribution >= 0.6 is 0 Å². The van der Waals surface area contributed by atoms with E-state index in [4.69, 9.17) is 5.73 Å². The summed E-state index contributed by atoms with van der Waals surface area (Å²) in [5, 5.41) is 17.0. The van der Waals surface area contributed by atoms with Gasteiger partial charge in [0.1, 0.15) is 5.82 Å². The third kappa shape index (κ3) is 3.83. The summed E-state index contributed by atoms with van der Waals surface area (Å²) in [7, 11) is 0. The number of hydrogen-bond acceptors (Lipinski definition) is 7. The van der Waals surface area contributed by atoms with Crippen LogP contribution in [0.25, 0.3) is 0 Å². The average molecular weight is 356 g/mol. The van der Waals surface area contributed by atoms with Gasteiger partial charge in [0.2, 0.25) is 5.96 Å².